The first kappa shape index (κ1) is 14.8. The predicted octanol–water partition coefficient (Wildman–Crippen LogP) is 2.64. The van der Waals surface area contributed by atoms with E-state index in [1.807, 2.05) is 30.3 Å². The smallest absolute Gasteiger partial charge is 0.119 e. The number of benzene rings is 1. The topological polar surface area (TPSA) is 56.5 Å². The standard InChI is InChI=1S/C17H26N2O2/c18-19-16(13-20-15-6-2-1-3-7-15)14-8-11-21-17(12-14)9-4-5-10-17/h1-3,6-7,14,16,19H,4-5,8-13,18H2. The zero-order valence-electron chi connectivity index (χ0n) is 12.6. The van der Waals surface area contributed by atoms with Crippen LogP contribution in [0.5, 0.6) is 5.75 Å². The first-order chi connectivity index (χ1) is 10.3. The normalized spacial score (nSPS) is 25.9. The van der Waals surface area contributed by atoms with Crippen molar-refractivity contribution < 1.29 is 9.47 Å². The van der Waals surface area contributed by atoms with Gasteiger partial charge >= 0.3 is 0 Å². The lowest BCUT2D eigenvalue weighted by atomic mass is 9.81. The molecular weight excluding hydrogens is 264 g/mol. The largest absolute Gasteiger partial charge is 0.492 e. The van der Waals surface area contributed by atoms with Gasteiger partial charge in [0.15, 0.2) is 0 Å². The quantitative estimate of drug-likeness (QED) is 0.646. The van der Waals surface area contributed by atoms with Crippen molar-refractivity contribution in [2.45, 2.75) is 50.2 Å². The zero-order chi connectivity index (χ0) is 14.5. The number of ether oxygens (including phenoxy) is 2. The Morgan fingerprint density at radius 3 is 2.76 bits per heavy atom. The molecule has 0 bridgehead atoms. The van der Waals surface area contributed by atoms with Crippen molar-refractivity contribution in [3.63, 3.8) is 0 Å². The minimum Gasteiger partial charge on any atom is -0.492 e. The van der Waals surface area contributed by atoms with Crippen molar-refractivity contribution in [1.82, 2.24) is 5.43 Å². The Hall–Kier alpha value is -1.10. The Morgan fingerprint density at radius 2 is 2.05 bits per heavy atom. The lowest BCUT2D eigenvalue weighted by Crippen LogP contribution is -2.50. The van der Waals surface area contributed by atoms with Crippen LogP contribution < -0.4 is 16.0 Å². The van der Waals surface area contributed by atoms with Gasteiger partial charge in [-0.25, -0.2) is 0 Å². The Morgan fingerprint density at radius 1 is 1.29 bits per heavy atom. The molecule has 2 fully saturated rings. The molecule has 1 aromatic carbocycles. The predicted molar refractivity (Wildman–Crippen MR) is 82.9 cm³/mol. The van der Waals surface area contributed by atoms with Crippen molar-refractivity contribution in [3.8, 4) is 5.75 Å². The molecule has 1 saturated carbocycles. The van der Waals surface area contributed by atoms with Gasteiger partial charge in [-0.3, -0.25) is 11.3 Å². The first-order valence-corrected chi connectivity index (χ1v) is 8.09. The molecule has 4 heteroatoms. The lowest BCUT2D eigenvalue weighted by molar-refractivity contribution is -0.0996. The fourth-order valence-electron chi connectivity index (χ4n) is 3.80. The highest BCUT2D eigenvalue weighted by molar-refractivity contribution is 5.21. The molecule has 3 N–H and O–H groups in total. The van der Waals surface area contributed by atoms with E-state index in [0.29, 0.717) is 12.5 Å². The van der Waals surface area contributed by atoms with Gasteiger partial charge in [0.25, 0.3) is 0 Å². The maximum atomic E-state index is 6.10. The zero-order valence-corrected chi connectivity index (χ0v) is 12.6. The number of hydrogen-bond donors (Lipinski definition) is 2. The fourth-order valence-corrected chi connectivity index (χ4v) is 3.80. The molecule has 1 saturated heterocycles. The van der Waals surface area contributed by atoms with E-state index in [2.05, 4.69) is 5.43 Å². The highest BCUT2D eigenvalue weighted by Crippen LogP contribution is 2.42. The van der Waals surface area contributed by atoms with Gasteiger partial charge in [-0.15, -0.1) is 0 Å². The second-order valence-electron chi connectivity index (χ2n) is 6.39. The van der Waals surface area contributed by atoms with Gasteiger partial charge in [-0.05, 0) is 43.7 Å². The monoisotopic (exact) mass is 290 g/mol. The number of para-hydroxylation sites is 1. The van der Waals surface area contributed by atoms with Gasteiger partial charge in [0.2, 0.25) is 0 Å². The summed E-state index contributed by atoms with van der Waals surface area (Å²) in [6.45, 7) is 1.47. The summed E-state index contributed by atoms with van der Waals surface area (Å²) < 4.78 is 12.0. The van der Waals surface area contributed by atoms with Crippen LogP contribution in [-0.2, 0) is 4.74 Å². The summed E-state index contributed by atoms with van der Waals surface area (Å²) in [5.41, 5.74) is 3.10. The molecule has 0 amide bonds. The average molecular weight is 290 g/mol. The molecule has 1 aliphatic heterocycles. The third-order valence-corrected chi connectivity index (χ3v) is 5.00. The molecule has 0 aromatic heterocycles. The molecule has 2 unspecified atom stereocenters. The van der Waals surface area contributed by atoms with E-state index in [0.717, 1.165) is 25.2 Å². The van der Waals surface area contributed by atoms with Crippen molar-refractivity contribution in [2.24, 2.45) is 11.8 Å². The second kappa shape index (κ2) is 6.77. The number of rotatable bonds is 5. The van der Waals surface area contributed by atoms with E-state index < -0.39 is 0 Å². The third-order valence-electron chi connectivity index (χ3n) is 5.00. The first-order valence-electron chi connectivity index (χ1n) is 8.09. The van der Waals surface area contributed by atoms with Gasteiger partial charge in [0, 0.05) is 6.61 Å². The molecule has 1 aliphatic carbocycles. The molecule has 21 heavy (non-hydrogen) atoms. The molecule has 0 radical (unpaired) electrons. The molecule has 1 spiro atoms. The third kappa shape index (κ3) is 3.57. The van der Waals surface area contributed by atoms with E-state index in [1.54, 1.807) is 0 Å². The van der Waals surface area contributed by atoms with Crippen molar-refractivity contribution in [1.29, 1.82) is 0 Å². The number of hydrazine groups is 1. The van der Waals surface area contributed by atoms with Crippen LogP contribution in [0.1, 0.15) is 38.5 Å². The van der Waals surface area contributed by atoms with Crippen molar-refractivity contribution >= 4 is 0 Å². The summed E-state index contributed by atoms with van der Waals surface area (Å²) in [6.07, 6.45) is 7.19. The summed E-state index contributed by atoms with van der Waals surface area (Å²) >= 11 is 0. The summed E-state index contributed by atoms with van der Waals surface area (Å²) in [5.74, 6) is 7.22. The van der Waals surface area contributed by atoms with Crippen LogP contribution in [0.2, 0.25) is 0 Å². The minimum absolute atomic E-state index is 0.130. The van der Waals surface area contributed by atoms with Crippen LogP contribution in [0.15, 0.2) is 30.3 Å². The van der Waals surface area contributed by atoms with Gasteiger partial charge in [-0.1, -0.05) is 31.0 Å². The van der Waals surface area contributed by atoms with Crippen LogP contribution in [0.25, 0.3) is 0 Å². The maximum Gasteiger partial charge on any atom is 0.119 e. The van der Waals surface area contributed by atoms with Crippen molar-refractivity contribution in [3.05, 3.63) is 30.3 Å². The van der Waals surface area contributed by atoms with Gasteiger partial charge in [0.1, 0.15) is 12.4 Å². The van der Waals surface area contributed by atoms with E-state index >= 15 is 0 Å². The van der Waals surface area contributed by atoms with E-state index in [-0.39, 0.29) is 11.6 Å². The fraction of sp³-hybridized carbons (Fsp3) is 0.647. The van der Waals surface area contributed by atoms with E-state index in [9.17, 15) is 0 Å². The average Bonchev–Trinajstić information content (AvgIpc) is 2.97. The minimum atomic E-state index is 0.130. The molecular formula is C17H26N2O2. The van der Waals surface area contributed by atoms with Gasteiger partial charge < -0.3 is 9.47 Å². The number of hydrogen-bond acceptors (Lipinski definition) is 4. The Bertz CT molecular complexity index is 432. The molecule has 2 atom stereocenters. The van der Waals surface area contributed by atoms with Crippen molar-refractivity contribution in [2.75, 3.05) is 13.2 Å². The van der Waals surface area contributed by atoms with Crippen LogP contribution in [0.3, 0.4) is 0 Å². The number of nitrogens with one attached hydrogen (secondary N) is 1. The molecule has 116 valence electrons. The summed E-state index contributed by atoms with van der Waals surface area (Å²) in [4.78, 5) is 0. The SMILES string of the molecule is NNC(COc1ccccc1)C1CCOC2(CCCC2)C1. The van der Waals surface area contributed by atoms with Gasteiger partial charge in [0.05, 0.1) is 11.6 Å². The summed E-state index contributed by atoms with van der Waals surface area (Å²) in [7, 11) is 0. The Balaban J connectivity index is 1.57. The van der Waals surface area contributed by atoms with Gasteiger partial charge in [-0.2, -0.15) is 0 Å². The summed E-state index contributed by atoms with van der Waals surface area (Å²) in [5, 5.41) is 0. The number of nitrogens with two attached hydrogens (primary N) is 1. The maximum absolute atomic E-state index is 6.10. The van der Waals surface area contributed by atoms with Crippen LogP contribution in [-0.4, -0.2) is 24.9 Å². The highest BCUT2D eigenvalue weighted by atomic mass is 16.5. The summed E-state index contributed by atoms with van der Waals surface area (Å²) in [6, 6.07) is 10.1. The Kier molecular flexibility index (Phi) is 4.78. The van der Waals surface area contributed by atoms with Crippen LogP contribution in [0, 0.1) is 5.92 Å². The van der Waals surface area contributed by atoms with E-state index in [4.69, 9.17) is 15.3 Å². The molecule has 1 heterocycles. The van der Waals surface area contributed by atoms with E-state index in [1.165, 1.54) is 25.7 Å². The molecule has 4 nitrogen and oxygen atoms in total. The molecule has 3 rings (SSSR count). The van der Waals surface area contributed by atoms with Crippen LogP contribution in [0.4, 0.5) is 0 Å². The Labute approximate surface area is 127 Å². The molecule has 2 aliphatic rings. The van der Waals surface area contributed by atoms with Crippen LogP contribution >= 0.6 is 0 Å². The highest BCUT2D eigenvalue weighted by Gasteiger charge is 2.41. The second-order valence-corrected chi connectivity index (χ2v) is 6.39. The molecule has 1 aromatic rings. The lowest BCUT2D eigenvalue weighted by Gasteiger charge is -2.41.